The Balaban J connectivity index is 1.65. The molecular formula is C29H34F7N5O4. The SMILES string of the molecule is CC(C)N(C(=O)Oc1c(N2CCN(CCN3CCN(CCO)CC3)C2=O)cc(C(F)(F)F)cc1C(F)(F)F)c1ccc(F)cc1. The molecule has 0 radical (unpaired) electrons. The topological polar surface area (TPSA) is 79.8 Å². The second kappa shape index (κ2) is 13.8. The van der Waals surface area contributed by atoms with Crippen LogP contribution in [0.2, 0.25) is 0 Å². The lowest BCUT2D eigenvalue weighted by atomic mass is 10.1. The minimum atomic E-state index is -5.40. The molecule has 0 atom stereocenters. The van der Waals surface area contributed by atoms with Crippen LogP contribution < -0.4 is 14.5 Å². The number of halogens is 7. The smallest absolute Gasteiger partial charge is 0.407 e. The highest BCUT2D eigenvalue weighted by Gasteiger charge is 2.44. The van der Waals surface area contributed by atoms with Crippen molar-refractivity contribution >= 4 is 23.5 Å². The molecule has 2 fully saturated rings. The summed E-state index contributed by atoms with van der Waals surface area (Å²) in [6.45, 7) is 6.67. The summed E-state index contributed by atoms with van der Waals surface area (Å²) in [6, 6.07) is 3.11. The van der Waals surface area contributed by atoms with Crippen LogP contribution >= 0.6 is 0 Å². The van der Waals surface area contributed by atoms with Crippen LogP contribution in [0.3, 0.4) is 0 Å². The molecule has 9 nitrogen and oxygen atoms in total. The minimum absolute atomic E-state index is 0.0159. The molecule has 4 rings (SSSR count). The monoisotopic (exact) mass is 649 g/mol. The third-order valence-corrected chi connectivity index (χ3v) is 7.66. The van der Waals surface area contributed by atoms with Gasteiger partial charge in [0.25, 0.3) is 0 Å². The molecule has 0 saturated carbocycles. The summed E-state index contributed by atoms with van der Waals surface area (Å²) in [7, 11) is 0. The molecule has 2 saturated heterocycles. The highest BCUT2D eigenvalue weighted by molar-refractivity contribution is 5.98. The Morgan fingerprint density at radius 2 is 1.49 bits per heavy atom. The van der Waals surface area contributed by atoms with Gasteiger partial charge in [-0.3, -0.25) is 19.6 Å². The average molecular weight is 650 g/mol. The fourth-order valence-electron chi connectivity index (χ4n) is 5.30. The first-order chi connectivity index (χ1) is 21.1. The lowest BCUT2D eigenvalue weighted by molar-refractivity contribution is -0.143. The largest absolute Gasteiger partial charge is 0.420 e. The van der Waals surface area contributed by atoms with E-state index in [-0.39, 0.29) is 38.0 Å². The van der Waals surface area contributed by atoms with E-state index in [1.807, 2.05) is 0 Å². The summed E-state index contributed by atoms with van der Waals surface area (Å²) in [5.41, 5.74) is -4.33. The normalized spacial score (nSPS) is 17.0. The van der Waals surface area contributed by atoms with Gasteiger partial charge in [-0.15, -0.1) is 0 Å². The van der Waals surface area contributed by atoms with Gasteiger partial charge in [0.05, 0.1) is 17.9 Å². The zero-order valence-corrected chi connectivity index (χ0v) is 24.7. The number of nitrogens with zero attached hydrogens (tertiary/aromatic N) is 5. The molecular weight excluding hydrogens is 615 g/mol. The van der Waals surface area contributed by atoms with Crippen LogP contribution in [0, 0.1) is 5.82 Å². The van der Waals surface area contributed by atoms with E-state index in [9.17, 15) is 40.3 Å². The van der Waals surface area contributed by atoms with Gasteiger partial charge in [0.2, 0.25) is 0 Å². The first-order valence-electron chi connectivity index (χ1n) is 14.3. The van der Waals surface area contributed by atoms with Crippen molar-refractivity contribution in [3.63, 3.8) is 0 Å². The molecule has 0 unspecified atom stereocenters. The number of hydrogen-bond donors (Lipinski definition) is 1. The molecule has 0 aromatic heterocycles. The highest BCUT2D eigenvalue weighted by atomic mass is 19.4. The lowest BCUT2D eigenvalue weighted by Gasteiger charge is -2.35. The number of ether oxygens (including phenoxy) is 1. The molecule has 248 valence electrons. The van der Waals surface area contributed by atoms with Gasteiger partial charge < -0.3 is 14.7 Å². The average Bonchev–Trinajstić information content (AvgIpc) is 3.32. The molecule has 2 aliphatic heterocycles. The van der Waals surface area contributed by atoms with Crippen LogP contribution in [0.1, 0.15) is 25.0 Å². The van der Waals surface area contributed by atoms with Gasteiger partial charge in [-0.05, 0) is 50.2 Å². The van der Waals surface area contributed by atoms with Crippen LogP contribution in [0.5, 0.6) is 5.75 Å². The summed E-state index contributed by atoms with van der Waals surface area (Å²) in [5, 5.41) is 9.11. The van der Waals surface area contributed by atoms with Crippen molar-refractivity contribution < 1.29 is 50.2 Å². The number of aliphatic hydroxyl groups is 1. The van der Waals surface area contributed by atoms with Gasteiger partial charge in [0.15, 0.2) is 5.75 Å². The number of carbonyl (C=O) groups excluding carboxylic acids is 2. The number of anilines is 2. The van der Waals surface area contributed by atoms with Crippen molar-refractivity contribution in [2.45, 2.75) is 32.2 Å². The summed E-state index contributed by atoms with van der Waals surface area (Å²) in [6.07, 6.45) is -12.0. The van der Waals surface area contributed by atoms with Crippen molar-refractivity contribution in [1.82, 2.24) is 14.7 Å². The number of benzene rings is 2. The number of carbonyl (C=O) groups is 2. The Hall–Kier alpha value is -3.63. The maximum Gasteiger partial charge on any atom is 0.420 e. The molecule has 45 heavy (non-hydrogen) atoms. The highest BCUT2D eigenvalue weighted by Crippen LogP contribution is 2.47. The molecule has 1 N–H and O–H groups in total. The number of alkyl halides is 6. The zero-order valence-electron chi connectivity index (χ0n) is 24.7. The number of hydrogen-bond acceptors (Lipinski definition) is 6. The van der Waals surface area contributed by atoms with E-state index in [2.05, 4.69) is 9.80 Å². The van der Waals surface area contributed by atoms with Crippen molar-refractivity contribution in [1.29, 1.82) is 0 Å². The summed E-state index contributed by atoms with van der Waals surface area (Å²) >= 11 is 0. The fourth-order valence-corrected chi connectivity index (χ4v) is 5.30. The summed E-state index contributed by atoms with van der Waals surface area (Å²) in [5.74, 6) is -1.88. The fraction of sp³-hybridized carbons (Fsp3) is 0.517. The van der Waals surface area contributed by atoms with Crippen molar-refractivity contribution in [2.75, 3.05) is 75.3 Å². The van der Waals surface area contributed by atoms with Gasteiger partial charge in [-0.1, -0.05) is 0 Å². The third kappa shape index (κ3) is 8.16. The van der Waals surface area contributed by atoms with Crippen molar-refractivity contribution in [2.24, 2.45) is 0 Å². The maximum absolute atomic E-state index is 14.3. The predicted molar refractivity (Wildman–Crippen MR) is 151 cm³/mol. The number of urea groups is 1. The van der Waals surface area contributed by atoms with E-state index in [1.54, 1.807) is 0 Å². The molecule has 3 amide bonds. The van der Waals surface area contributed by atoms with Crippen LogP contribution in [-0.4, -0.2) is 103 Å². The van der Waals surface area contributed by atoms with Gasteiger partial charge in [0, 0.05) is 70.6 Å². The minimum Gasteiger partial charge on any atom is -0.407 e. The molecule has 2 aliphatic rings. The van der Waals surface area contributed by atoms with E-state index in [1.165, 1.54) is 30.9 Å². The molecule has 2 aromatic rings. The number of piperazine rings is 1. The van der Waals surface area contributed by atoms with E-state index in [0.29, 0.717) is 45.3 Å². The molecule has 2 aromatic carbocycles. The lowest BCUT2D eigenvalue weighted by Crippen LogP contribution is -2.49. The van der Waals surface area contributed by atoms with Crippen LogP contribution in [-0.2, 0) is 12.4 Å². The standard InChI is InChI=1S/C29H34F7N5O4/c1-19(2)41(22-5-3-21(30)4-6-22)27(44)45-25-23(29(34,35)36)17-20(28(31,32)33)18-24(25)40-14-13-39(26(40)43)12-11-37-7-9-38(10-8-37)15-16-42/h3-6,17-19,42H,7-16H2,1-2H3. The van der Waals surface area contributed by atoms with E-state index < -0.39 is 58.9 Å². The molecule has 2 heterocycles. The van der Waals surface area contributed by atoms with Gasteiger partial charge >= 0.3 is 24.5 Å². The summed E-state index contributed by atoms with van der Waals surface area (Å²) in [4.78, 5) is 33.9. The third-order valence-electron chi connectivity index (χ3n) is 7.66. The Bertz CT molecular complexity index is 1350. The van der Waals surface area contributed by atoms with Crippen LogP contribution in [0.4, 0.5) is 51.7 Å². The molecule has 0 bridgehead atoms. The van der Waals surface area contributed by atoms with E-state index in [4.69, 9.17) is 9.84 Å². The van der Waals surface area contributed by atoms with Crippen LogP contribution in [0.25, 0.3) is 0 Å². The summed E-state index contributed by atoms with van der Waals surface area (Å²) < 4.78 is 103. The second-order valence-electron chi connectivity index (χ2n) is 11.0. The Kier molecular flexibility index (Phi) is 10.5. The second-order valence-corrected chi connectivity index (χ2v) is 11.0. The Morgan fingerprint density at radius 3 is 2.02 bits per heavy atom. The van der Waals surface area contributed by atoms with E-state index >= 15 is 0 Å². The van der Waals surface area contributed by atoms with Gasteiger partial charge in [0.1, 0.15) is 11.4 Å². The molecule has 0 spiro atoms. The van der Waals surface area contributed by atoms with Crippen molar-refractivity contribution in [3.8, 4) is 5.75 Å². The van der Waals surface area contributed by atoms with Gasteiger partial charge in [-0.25, -0.2) is 14.0 Å². The zero-order chi connectivity index (χ0) is 33.1. The number of rotatable bonds is 9. The number of β-amino-alcohol motifs (C(OH)–C–C–N with tert-alkyl or cyclic N) is 1. The molecule has 0 aliphatic carbocycles. The first kappa shape index (κ1) is 34.2. The molecule has 16 heteroatoms. The van der Waals surface area contributed by atoms with E-state index in [0.717, 1.165) is 21.9 Å². The quantitative estimate of drug-likeness (QED) is 0.380. The van der Waals surface area contributed by atoms with Gasteiger partial charge in [-0.2, -0.15) is 26.3 Å². The number of aliphatic hydroxyl groups excluding tert-OH is 1. The Morgan fingerprint density at radius 1 is 0.889 bits per heavy atom. The maximum atomic E-state index is 14.3. The Labute approximate surface area is 255 Å². The predicted octanol–water partition coefficient (Wildman–Crippen LogP) is 5.13. The first-order valence-corrected chi connectivity index (χ1v) is 14.3. The van der Waals surface area contributed by atoms with Crippen molar-refractivity contribution in [3.05, 3.63) is 53.3 Å². The number of amides is 3. The van der Waals surface area contributed by atoms with Crippen LogP contribution in [0.15, 0.2) is 36.4 Å².